The van der Waals surface area contributed by atoms with Gasteiger partial charge in [0, 0.05) is 31.8 Å². The molecule has 4 aromatic rings. The molecule has 5 rings (SSSR count). The van der Waals surface area contributed by atoms with Gasteiger partial charge in [0.2, 0.25) is 0 Å². The molecule has 1 saturated heterocycles. The van der Waals surface area contributed by atoms with Gasteiger partial charge in [-0.2, -0.15) is 0 Å². The molecule has 1 aliphatic heterocycles. The lowest BCUT2D eigenvalue weighted by atomic mass is 10.1. The van der Waals surface area contributed by atoms with E-state index in [-0.39, 0.29) is 17.9 Å². The van der Waals surface area contributed by atoms with Crippen LogP contribution in [0.1, 0.15) is 29.5 Å². The fraction of sp³-hybridized carbons (Fsp3) is 0.286. The summed E-state index contributed by atoms with van der Waals surface area (Å²) >= 11 is 0. The van der Waals surface area contributed by atoms with Crippen LogP contribution in [0.15, 0.2) is 79.1 Å². The van der Waals surface area contributed by atoms with E-state index < -0.39 is 0 Å². The number of benzene rings is 3. The average Bonchev–Trinajstić information content (AvgIpc) is 3.54. The number of nitrogens with zero attached hydrogens (tertiary/aromatic N) is 3. The van der Waals surface area contributed by atoms with Crippen molar-refractivity contribution in [3.63, 3.8) is 0 Å². The molecule has 0 saturated carbocycles. The maximum Gasteiger partial charge on any atom is 0.318 e. The van der Waals surface area contributed by atoms with Gasteiger partial charge in [-0.1, -0.05) is 54.6 Å². The van der Waals surface area contributed by atoms with Crippen LogP contribution in [0.4, 0.5) is 4.79 Å². The normalized spacial score (nSPS) is 15.4. The lowest BCUT2D eigenvalue weighted by Gasteiger charge is -2.26. The number of urea groups is 1. The van der Waals surface area contributed by atoms with Gasteiger partial charge in [0.1, 0.15) is 5.75 Å². The molecule has 1 unspecified atom stereocenters. The number of carbonyl (C=O) groups excluding carboxylic acids is 1. The minimum absolute atomic E-state index is 0.0325. The number of hydrogen-bond donors (Lipinski definition) is 2. The van der Waals surface area contributed by atoms with E-state index >= 15 is 0 Å². The molecule has 0 bridgehead atoms. The Balaban J connectivity index is 1.21. The first-order chi connectivity index (χ1) is 17.2. The lowest BCUT2D eigenvalue weighted by molar-refractivity contribution is 0.0792. The SMILES string of the molecule is O=C(NCc1ccc(Cn2cnc3ccccc32)cc1)N(Cc1ccccc1O)CC1CCCO1. The molecule has 1 atom stereocenters. The molecule has 2 heterocycles. The third kappa shape index (κ3) is 5.63. The second-order valence-electron chi connectivity index (χ2n) is 8.98. The Morgan fingerprint density at radius 2 is 1.83 bits per heavy atom. The summed E-state index contributed by atoms with van der Waals surface area (Å²) < 4.78 is 7.89. The number of aromatic hydroxyl groups is 1. The number of phenolic OH excluding ortho intramolecular Hbond substituents is 1. The maximum absolute atomic E-state index is 13.1. The number of nitrogens with one attached hydrogen (secondary N) is 1. The number of rotatable bonds is 8. The van der Waals surface area contributed by atoms with Crippen molar-refractivity contribution in [1.82, 2.24) is 19.8 Å². The molecule has 1 aromatic heterocycles. The van der Waals surface area contributed by atoms with E-state index in [9.17, 15) is 9.90 Å². The van der Waals surface area contributed by atoms with Crippen LogP contribution in [0.5, 0.6) is 5.75 Å². The molecular formula is C28H30N4O3. The summed E-state index contributed by atoms with van der Waals surface area (Å²) in [6.07, 6.45) is 3.85. The first kappa shape index (κ1) is 22.9. The summed E-state index contributed by atoms with van der Waals surface area (Å²) in [5.74, 6) is 0.193. The highest BCUT2D eigenvalue weighted by molar-refractivity contribution is 5.75. The van der Waals surface area contributed by atoms with Crippen molar-refractivity contribution >= 4 is 17.1 Å². The highest BCUT2D eigenvalue weighted by Crippen LogP contribution is 2.20. The summed E-state index contributed by atoms with van der Waals surface area (Å²) in [5, 5.41) is 13.2. The highest BCUT2D eigenvalue weighted by Gasteiger charge is 2.23. The van der Waals surface area contributed by atoms with E-state index in [4.69, 9.17) is 4.74 Å². The lowest BCUT2D eigenvalue weighted by Crippen LogP contribution is -2.43. The zero-order chi connectivity index (χ0) is 24.0. The molecule has 7 heteroatoms. The van der Waals surface area contributed by atoms with E-state index in [1.807, 2.05) is 48.8 Å². The Bertz CT molecular complexity index is 1280. The number of para-hydroxylation sites is 3. The molecule has 180 valence electrons. The third-order valence-corrected chi connectivity index (χ3v) is 6.44. The average molecular weight is 471 g/mol. The second kappa shape index (κ2) is 10.6. The maximum atomic E-state index is 13.1. The zero-order valence-corrected chi connectivity index (χ0v) is 19.6. The number of hydrogen-bond acceptors (Lipinski definition) is 4. The Morgan fingerprint density at radius 1 is 1.06 bits per heavy atom. The molecule has 0 spiro atoms. The molecule has 3 aromatic carbocycles. The van der Waals surface area contributed by atoms with Crippen LogP contribution in [-0.2, 0) is 24.4 Å². The molecule has 0 radical (unpaired) electrons. The van der Waals surface area contributed by atoms with Crippen LogP contribution in [0.2, 0.25) is 0 Å². The van der Waals surface area contributed by atoms with Gasteiger partial charge >= 0.3 is 6.03 Å². The van der Waals surface area contributed by atoms with Crippen molar-refractivity contribution in [3.05, 3.63) is 95.8 Å². The minimum atomic E-state index is -0.169. The summed E-state index contributed by atoms with van der Waals surface area (Å²) in [4.78, 5) is 19.3. The fourth-order valence-electron chi connectivity index (χ4n) is 4.49. The number of fused-ring (bicyclic) bond motifs is 1. The zero-order valence-electron chi connectivity index (χ0n) is 19.6. The van der Waals surface area contributed by atoms with E-state index in [1.54, 1.807) is 17.0 Å². The number of imidazole rings is 1. The van der Waals surface area contributed by atoms with Crippen molar-refractivity contribution in [2.75, 3.05) is 13.2 Å². The number of ether oxygens (including phenoxy) is 1. The van der Waals surface area contributed by atoms with E-state index in [0.717, 1.165) is 48.2 Å². The largest absolute Gasteiger partial charge is 0.508 e. The Kier molecular flexibility index (Phi) is 6.95. The molecule has 2 N–H and O–H groups in total. The van der Waals surface area contributed by atoms with Gasteiger partial charge in [0.05, 0.1) is 30.0 Å². The van der Waals surface area contributed by atoms with Gasteiger partial charge in [0.15, 0.2) is 0 Å². The van der Waals surface area contributed by atoms with Crippen LogP contribution in [0.25, 0.3) is 11.0 Å². The van der Waals surface area contributed by atoms with Crippen molar-refractivity contribution in [3.8, 4) is 5.75 Å². The number of phenols is 1. The van der Waals surface area contributed by atoms with Crippen LogP contribution in [0.3, 0.4) is 0 Å². The van der Waals surface area contributed by atoms with E-state index in [2.05, 4.69) is 33.1 Å². The fourth-order valence-corrected chi connectivity index (χ4v) is 4.49. The molecule has 1 fully saturated rings. The quantitative estimate of drug-likeness (QED) is 0.392. The topological polar surface area (TPSA) is 79.6 Å². The number of amides is 2. The molecule has 0 aliphatic carbocycles. The third-order valence-electron chi connectivity index (χ3n) is 6.44. The van der Waals surface area contributed by atoms with Crippen LogP contribution >= 0.6 is 0 Å². The van der Waals surface area contributed by atoms with Crippen LogP contribution in [-0.4, -0.2) is 44.8 Å². The summed E-state index contributed by atoms with van der Waals surface area (Å²) in [6.45, 7) is 2.73. The van der Waals surface area contributed by atoms with Crippen LogP contribution in [0, 0.1) is 0 Å². The Hall–Kier alpha value is -3.84. The van der Waals surface area contributed by atoms with E-state index in [0.29, 0.717) is 19.6 Å². The van der Waals surface area contributed by atoms with Gasteiger partial charge in [-0.25, -0.2) is 9.78 Å². The van der Waals surface area contributed by atoms with Gasteiger partial charge in [-0.05, 0) is 42.2 Å². The van der Waals surface area contributed by atoms with Crippen LogP contribution < -0.4 is 5.32 Å². The first-order valence-electron chi connectivity index (χ1n) is 12.0. The summed E-state index contributed by atoms with van der Waals surface area (Å²) in [7, 11) is 0. The molecule has 1 aliphatic rings. The van der Waals surface area contributed by atoms with Crippen molar-refractivity contribution in [2.24, 2.45) is 0 Å². The van der Waals surface area contributed by atoms with E-state index in [1.165, 1.54) is 5.56 Å². The standard InChI is InChI=1S/C28H30N4O3/c33-27-10-4-1-6-23(27)18-31(19-24-7-5-15-35-24)28(34)29-16-21-11-13-22(14-12-21)17-32-20-30-25-8-2-3-9-26(25)32/h1-4,6,8-14,20,24,33H,5,7,15-19H2,(H,29,34). The van der Waals surface area contributed by atoms with Gasteiger partial charge in [0.25, 0.3) is 0 Å². The van der Waals surface area contributed by atoms with Crippen molar-refractivity contribution in [2.45, 2.75) is 38.6 Å². The Morgan fingerprint density at radius 3 is 2.63 bits per heavy atom. The molecule has 2 amide bonds. The predicted molar refractivity (Wildman–Crippen MR) is 135 cm³/mol. The molecule has 35 heavy (non-hydrogen) atoms. The Labute approximate surface area is 205 Å². The van der Waals surface area contributed by atoms with Crippen molar-refractivity contribution in [1.29, 1.82) is 0 Å². The van der Waals surface area contributed by atoms with Gasteiger partial charge in [-0.3, -0.25) is 0 Å². The highest BCUT2D eigenvalue weighted by atomic mass is 16.5. The minimum Gasteiger partial charge on any atom is -0.508 e. The molecule has 7 nitrogen and oxygen atoms in total. The smallest absolute Gasteiger partial charge is 0.318 e. The molecular weight excluding hydrogens is 440 g/mol. The number of carbonyl (C=O) groups is 1. The summed E-state index contributed by atoms with van der Waals surface area (Å²) in [6, 6.07) is 23.3. The summed E-state index contributed by atoms with van der Waals surface area (Å²) in [5.41, 5.74) is 5.01. The predicted octanol–water partition coefficient (Wildman–Crippen LogP) is 4.68. The monoisotopic (exact) mass is 470 g/mol. The van der Waals surface area contributed by atoms with Crippen molar-refractivity contribution < 1.29 is 14.6 Å². The second-order valence-corrected chi connectivity index (χ2v) is 8.98. The first-order valence-corrected chi connectivity index (χ1v) is 12.0. The van der Waals surface area contributed by atoms with Gasteiger partial charge < -0.3 is 24.6 Å². The number of aromatic nitrogens is 2. The van der Waals surface area contributed by atoms with Gasteiger partial charge in [-0.15, -0.1) is 0 Å².